The first-order valence-electron chi connectivity index (χ1n) is 27.1. The molecular weight excluding hydrogens is 913 g/mol. The summed E-state index contributed by atoms with van der Waals surface area (Å²) in [5.74, 6) is 3.09. The fourth-order valence-corrected chi connectivity index (χ4v) is 11.0. The molecule has 0 fully saturated rings. The quantitative estimate of drug-likeness (QED) is 0.122. The van der Waals surface area contributed by atoms with Crippen LogP contribution in [0, 0.1) is 0 Å². The number of nitrogens with zero attached hydrogens (tertiary/aromatic N) is 4. The highest BCUT2D eigenvalue weighted by Crippen LogP contribution is 2.44. The molecule has 382 valence electrons. The molecule has 0 saturated heterocycles. The lowest BCUT2D eigenvalue weighted by Crippen LogP contribution is -2.26. The number of anilines is 2. The average molecular weight is 989 g/mol. The van der Waals surface area contributed by atoms with Crippen molar-refractivity contribution in [3.63, 3.8) is 0 Å². The minimum atomic E-state index is -0.204. The fourth-order valence-electron chi connectivity index (χ4n) is 11.0. The monoisotopic (exact) mass is 989 g/mol. The van der Waals surface area contributed by atoms with E-state index in [1.54, 1.807) is 0 Å². The summed E-state index contributed by atoms with van der Waals surface area (Å²) in [4.78, 5) is 9.80. The van der Waals surface area contributed by atoms with Gasteiger partial charge in [0.2, 0.25) is 0 Å². The summed E-state index contributed by atoms with van der Waals surface area (Å²) < 4.78 is 9.54. The fraction of sp³-hybridized carbons (Fsp3) is 0.300. The third-order valence-electron chi connectivity index (χ3n) is 16.0. The van der Waals surface area contributed by atoms with Crippen LogP contribution in [0.4, 0.5) is 11.4 Å². The van der Waals surface area contributed by atoms with Crippen LogP contribution in [-0.2, 0) is 21.7 Å². The lowest BCUT2D eigenvalue weighted by Gasteiger charge is -2.31. The van der Waals surface area contributed by atoms with Gasteiger partial charge in [-0.15, -0.1) is 0 Å². The average Bonchev–Trinajstić information content (AvgIpc) is 4.02. The Labute approximate surface area is 447 Å². The van der Waals surface area contributed by atoms with Crippen LogP contribution in [0.15, 0.2) is 182 Å². The predicted molar refractivity (Wildman–Crippen MR) is 319 cm³/mol. The maximum atomic E-state index is 7.21. The Balaban J connectivity index is 1.10. The summed E-state index contributed by atoms with van der Waals surface area (Å²) in [5.41, 5.74) is 16.7. The maximum absolute atomic E-state index is 7.21. The second-order valence-electron chi connectivity index (χ2n) is 24.7. The molecule has 9 aromatic rings. The molecule has 0 spiro atoms. The summed E-state index contributed by atoms with van der Waals surface area (Å²) in [6.07, 6.45) is 6.41. The predicted octanol–water partition coefficient (Wildman–Crippen LogP) is 18.9. The van der Waals surface area contributed by atoms with Crippen LogP contribution in [0.5, 0.6) is 11.5 Å². The Kier molecular flexibility index (Phi) is 13.2. The van der Waals surface area contributed by atoms with Crippen LogP contribution in [0.25, 0.3) is 38.8 Å². The van der Waals surface area contributed by atoms with Gasteiger partial charge in [0.15, 0.2) is 0 Å². The molecule has 5 nitrogen and oxygen atoms in total. The summed E-state index contributed by atoms with van der Waals surface area (Å²) in [6, 6.07) is 60.5. The van der Waals surface area contributed by atoms with Crippen molar-refractivity contribution in [3.05, 3.63) is 227 Å². The summed E-state index contributed by atoms with van der Waals surface area (Å²) in [5, 5.41) is 2.34. The molecule has 0 atom stereocenters. The largest absolute Gasteiger partial charge is 0.457 e. The van der Waals surface area contributed by atoms with Gasteiger partial charge >= 0.3 is 0 Å². The van der Waals surface area contributed by atoms with Crippen molar-refractivity contribution in [2.24, 2.45) is 0 Å². The van der Waals surface area contributed by atoms with E-state index in [1.165, 1.54) is 61.1 Å². The van der Waals surface area contributed by atoms with Crippen LogP contribution in [0.1, 0.15) is 153 Å². The molecular formula is C70H76N4O. The second kappa shape index (κ2) is 19.4. The summed E-state index contributed by atoms with van der Waals surface area (Å²) in [7, 11) is 0. The Morgan fingerprint density at radius 3 is 1.63 bits per heavy atom. The van der Waals surface area contributed by atoms with Gasteiger partial charge in [-0.05, 0) is 139 Å². The van der Waals surface area contributed by atoms with Gasteiger partial charge in [0.1, 0.15) is 17.3 Å². The van der Waals surface area contributed by atoms with E-state index in [-0.39, 0.29) is 21.7 Å². The lowest BCUT2D eigenvalue weighted by molar-refractivity contribution is 0.483. The van der Waals surface area contributed by atoms with E-state index >= 15 is 0 Å². The standard InChI is InChI=1S/C70H76N4O/c1-46(2)59-26-21-27-60(47(3)4)66(59)48-36-55(72-34-35-73(45-72)56-39-53(68(8,9)10)38-54(40-56)70(13,14)50-24-19-16-20-25-50)43-58(37-48)75-57-29-30-61-62-41-52(69(11,12)49-22-17-15-18-23-49)28-31-63(62)74(64(61)44-57)65-42-51(32-33-71-65)67(5,6)7/h15-44,46-47H,45H2,1-14H3. The lowest BCUT2D eigenvalue weighted by atomic mass is 9.75. The van der Waals surface area contributed by atoms with Gasteiger partial charge in [-0.3, -0.25) is 4.57 Å². The van der Waals surface area contributed by atoms with E-state index in [2.05, 4.69) is 287 Å². The number of aromatic nitrogens is 2. The molecule has 10 rings (SSSR count). The van der Waals surface area contributed by atoms with E-state index in [4.69, 9.17) is 9.72 Å². The Bertz CT molecular complexity index is 3550. The van der Waals surface area contributed by atoms with Crippen LogP contribution in [0.3, 0.4) is 0 Å². The molecule has 75 heavy (non-hydrogen) atoms. The van der Waals surface area contributed by atoms with E-state index < -0.39 is 0 Å². The highest BCUT2D eigenvalue weighted by atomic mass is 16.5. The first-order valence-corrected chi connectivity index (χ1v) is 27.1. The summed E-state index contributed by atoms with van der Waals surface area (Å²) in [6.45, 7) is 32.9. The zero-order valence-corrected chi connectivity index (χ0v) is 46.9. The SMILES string of the molecule is CC(C)c1cccc(C(C)C)c1-c1cc(Oc2ccc3c4cc(C(C)(C)c5ccccc5)ccc4n(-c4cc(C(C)(C)C)ccn4)c3c2)cc(N2C=CN(c3cc(C(C)(C)C)cc(C(C)(C)c4ccccc4)c3)C2)c1. The molecule has 0 unspecified atom stereocenters. The number of hydrogen-bond donors (Lipinski definition) is 0. The van der Waals surface area contributed by atoms with Crippen molar-refractivity contribution < 1.29 is 4.74 Å². The molecule has 1 aliphatic heterocycles. The molecule has 0 aliphatic carbocycles. The number of rotatable bonds is 12. The minimum absolute atomic E-state index is 0.0360. The number of benzene rings is 7. The van der Waals surface area contributed by atoms with Crippen LogP contribution >= 0.6 is 0 Å². The van der Waals surface area contributed by atoms with Crippen molar-refractivity contribution in [2.75, 3.05) is 16.5 Å². The summed E-state index contributed by atoms with van der Waals surface area (Å²) >= 11 is 0. The third kappa shape index (κ3) is 9.90. The second-order valence-corrected chi connectivity index (χ2v) is 24.7. The van der Waals surface area contributed by atoms with Crippen molar-refractivity contribution in [2.45, 2.75) is 130 Å². The zero-order chi connectivity index (χ0) is 53.2. The van der Waals surface area contributed by atoms with Gasteiger partial charge in [0, 0.05) is 63.7 Å². The molecule has 0 saturated carbocycles. The Hall–Kier alpha value is -7.37. The van der Waals surface area contributed by atoms with Crippen LogP contribution in [-0.4, -0.2) is 16.2 Å². The molecule has 2 aromatic heterocycles. The van der Waals surface area contributed by atoms with Crippen LogP contribution < -0.4 is 14.5 Å². The van der Waals surface area contributed by atoms with Crippen molar-refractivity contribution in [1.82, 2.24) is 9.55 Å². The van der Waals surface area contributed by atoms with E-state index in [1.807, 2.05) is 6.20 Å². The molecule has 0 amide bonds. The molecule has 0 bridgehead atoms. The maximum Gasteiger partial charge on any atom is 0.137 e. The Morgan fingerprint density at radius 1 is 0.440 bits per heavy atom. The Morgan fingerprint density at radius 2 is 1.03 bits per heavy atom. The van der Waals surface area contributed by atoms with Crippen LogP contribution in [0.2, 0.25) is 0 Å². The molecule has 0 N–H and O–H groups in total. The van der Waals surface area contributed by atoms with Gasteiger partial charge < -0.3 is 14.5 Å². The minimum Gasteiger partial charge on any atom is -0.457 e. The van der Waals surface area contributed by atoms with Crippen molar-refractivity contribution in [1.29, 1.82) is 0 Å². The number of fused-ring (bicyclic) bond motifs is 3. The molecule has 0 radical (unpaired) electrons. The van der Waals surface area contributed by atoms with E-state index in [0.29, 0.717) is 18.5 Å². The third-order valence-corrected chi connectivity index (χ3v) is 16.0. The highest BCUT2D eigenvalue weighted by molar-refractivity contribution is 6.10. The van der Waals surface area contributed by atoms with E-state index in [0.717, 1.165) is 45.0 Å². The number of ether oxygens (including phenoxy) is 1. The van der Waals surface area contributed by atoms with Gasteiger partial charge in [-0.1, -0.05) is 188 Å². The van der Waals surface area contributed by atoms with E-state index in [9.17, 15) is 0 Å². The first kappa shape index (κ1) is 51.1. The molecule has 5 heteroatoms. The van der Waals surface area contributed by atoms with Gasteiger partial charge in [0.05, 0.1) is 17.7 Å². The highest BCUT2D eigenvalue weighted by Gasteiger charge is 2.30. The molecule has 3 heterocycles. The van der Waals surface area contributed by atoms with Crippen molar-refractivity contribution in [3.8, 4) is 28.4 Å². The normalized spacial score (nSPS) is 13.5. The molecule has 1 aliphatic rings. The van der Waals surface area contributed by atoms with Gasteiger partial charge in [-0.2, -0.15) is 0 Å². The number of hydrogen-bond acceptors (Lipinski definition) is 4. The topological polar surface area (TPSA) is 33.5 Å². The van der Waals surface area contributed by atoms with Gasteiger partial charge in [0.25, 0.3) is 0 Å². The first-order chi connectivity index (χ1) is 35.6. The zero-order valence-electron chi connectivity index (χ0n) is 46.9. The number of pyridine rings is 1. The van der Waals surface area contributed by atoms with Crippen molar-refractivity contribution >= 4 is 33.2 Å². The van der Waals surface area contributed by atoms with Gasteiger partial charge in [-0.25, -0.2) is 4.98 Å². The smallest absolute Gasteiger partial charge is 0.137 e. The molecule has 7 aromatic carbocycles.